The van der Waals surface area contributed by atoms with Gasteiger partial charge in [-0.2, -0.15) is 0 Å². The lowest BCUT2D eigenvalue weighted by atomic mass is 9.72. The number of amides is 2. The van der Waals surface area contributed by atoms with Crippen LogP contribution >= 0.6 is 0 Å². The molecule has 0 aromatic rings. The Morgan fingerprint density at radius 1 is 1.12 bits per heavy atom. The molecule has 2 aliphatic heterocycles. The number of terminal acetylenes is 1. The highest BCUT2D eigenvalue weighted by Gasteiger charge is 2.53. The Kier molecular flexibility index (Phi) is 9.80. The van der Waals surface area contributed by atoms with Crippen molar-refractivity contribution in [3.8, 4) is 12.8 Å². The fraction of sp³-hybridized carbons (Fsp3) is 0.579. The molecular formula is C19H31N3O3. The van der Waals surface area contributed by atoms with Gasteiger partial charge in [0.1, 0.15) is 0 Å². The van der Waals surface area contributed by atoms with Crippen LogP contribution in [0.25, 0.3) is 0 Å². The van der Waals surface area contributed by atoms with Crippen molar-refractivity contribution in [2.24, 2.45) is 11.1 Å². The normalized spacial score (nSPS) is 18.1. The zero-order valence-electron chi connectivity index (χ0n) is 16.0. The highest BCUT2D eigenvalue weighted by Crippen LogP contribution is 2.40. The molecule has 0 aliphatic carbocycles. The summed E-state index contributed by atoms with van der Waals surface area (Å²) in [6.07, 6.45) is 11.7. The van der Waals surface area contributed by atoms with E-state index in [1.54, 1.807) is 14.0 Å². The zero-order chi connectivity index (χ0) is 19.6. The van der Waals surface area contributed by atoms with Crippen LogP contribution in [-0.2, 0) is 14.3 Å². The highest BCUT2D eigenvalue weighted by atomic mass is 16.5. The first-order valence-corrected chi connectivity index (χ1v) is 8.19. The van der Waals surface area contributed by atoms with Gasteiger partial charge in [0, 0.05) is 51.2 Å². The number of carbonyl (C=O) groups is 2. The molecule has 0 unspecified atom stereocenters. The van der Waals surface area contributed by atoms with Crippen LogP contribution in [0.3, 0.4) is 0 Å². The lowest BCUT2D eigenvalue weighted by Gasteiger charge is -2.60. The van der Waals surface area contributed by atoms with E-state index in [2.05, 4.69) is 18.6 Å². The summed E-state index contributed by atoms with van der Waals surface area (Å²) in [7, 11) is 3.14. The predicted molar refractivity (Wildman–Crippen MR) is 101 cm³/mol. The average molecular weight is 349 g/mol. The molecule has 2 N–H and O–H groups in total. The van der Waals surface area contributed by atoms with E-state index in [1.807, 2.05) is 35.8 Å². The van der Waals surface area contributed by atoms with Crippen LogP contribution in [0.5, 0.6) is 0 Å². The summed E-state index contributed by atoms with van der Waals surface area (Å²) in [5.74, 6) is 0.192. The summed E-state index contributed by atoms with van der Waals surface area (Å²) < 4.78 is 5.07. The number of nitrogens with two attached hydrogens (primary N) is 1. The van der Waals surface area contributed by atoms with Gasteiger partial charge in [-0.25, -0.2) is 0 Å². The van der Waals surface area contributed by atoms with Crippen LogP contribution in [0, 0.1) is 18.3 Å². The molecule has 0 aromatic heterocycles. The number of hydrogen-bond acceptors (Lipinski definition) is 4. The number of allylic oxidation sites excluding steroid dienone is 1. The van der Waals surface area contributed by atoms with Crippen molar-refractivity contribution >= 4 is 11.8 Å². The zero-order valence-corrected chi connectivity index (χ0v) is 16.0. The van der Waals surface area contributed by atoms with E-state index in [1.165, 1.54) is 7.05 Å². The van der Waals surface area contributed by atoms with Crippen LogP contribution < -0.4 is 5.73 Å². The Labute approximate surface area is 151 Å². The molecule has 1 spiro atoms. The number of rotatable bonds is 4. The van der Waals surface area contributed by atoms with Crippen molar-refractivity contribution in [1.82, 2.24) is 9.80 Å². The van der Waals surface area contributed by atoms with Crippen molar-refractivity contribution < 1.29 is 14.3 Å². The number of likely N-dealkylation sites (tertiary alicyclic amines) is 2. The molecule has 2 heterocycles. The second-order valence-corrected chi connectivity index (χ2v) is 6.20. The summed E-state index contributed by atoms with van der Waals surface area (Å²) in [4.78, 5) is 27.4. The number of nitrogens with zero attached hydrogens (tertiary/aromatic N) is 2. The predicted octanol–water partition coefficient (Wildman–Crippen LogP) is 1.04. The third kappa shape index (κ3) is 5.73. The van der Waals surface area contributed by atoms with Gasteiger partial charge in [0.05, 0.1) is 6.61 Å². The Hall–Kier alpha value is -2.10. The first-order chi connectivity index (χ1) is 11.9. The number of carbonyl (C=O) groups excluding carboxylic acids is 2. The number of ether oxygens (including phenoxy) is 1. The molecule has 6 heteroatoms. The molecule has 2 fully saturated rings. The minimum absolute atomic E-state index is 0.0693. The van der Waals surface area contributed by atoms with Crippen LogP contribution in [0.1, 0.15) is 20.8 Å². The van der Waals surface area contributed by atoms with Gasteiger partial charge in [-0.15, -0.1) is 12.8 Å². The summed E-state index contributed by atoms with van der Waals surface area (Å²) >= 11 is 0. The quantitative estimate of drug-likeness (QED) is 0.467. The van der Waals surface area contributed by atoms with Crippen molar-refractivity contribution in [2.75, 3.05) is 46.9 Å². The third-order valence-electron chi connectivity index (χ3n) is 4.17. The molecule has 140 valence electrons. The first-order valence-electron chi connectivity index (χ1n) is 8.19. The topological polar surface area (TPSA) is 75.9 Å². The Bertz CT molecular complexity index is 535. The molecule has 2 saturated heterocycles. The molecule has 0 atom stereocenters. The maximum absolute atomic E-state index is 12.4. The smallest absolute Gasteiger partial charge is 0.253 e. The van der Waals surface area contributed by atoms with Gasteiger partial charge in [0.15, 0.2) is 0 Å². The highest BCUT2D eigenvalue weighted by molar-refractivity contribution is 5.97. The van der Waals surface area contributed by atoms with Crippen LogP contribution in [0.15, 0.2) is 23.3 Å². The summed E-state index contributed by atoms with van der Waals surface area (Å²) in [6.45, 7) is 9.03. The van der Waals surface area contributed by atoms with E-state index < -0.39 is 0 Å². The monoisotopic (exact) mass is 349 g/mol. The second kappa shape index (κ2) is 10.7. The van der Waals surface area contributed by atoms with Crippen molar-refractivity contribution in [2.45, 2.75) is 20.8 Å². The second-order valence-electron chi connectivity index (χ2n) is 6.20. The summed E-state index contributed by atoms with van der Waals surface area (Å²) in [5.41, 5.74) is 6.40. The van der Waals surface area contributed by atoms with Gasteiger partial charge in [-0.3, -0.25) is 9.59 Å². The molecule has 25 heavy (non-hydrogen) atoms. The van der Waals surface area contributed by atoms with Gasteiger partial charge in [0.25, 0.3) is 5.91 Å². The summed E-state index contributed by atoms with van der Waals surface area (Å²) in [6, 6.07) is 0. The molecular weight excluding hydrogens is 318 g/mol. The van der Waals surface area contributed by atoms with Crippen molar-refractivity contribution in [3.63, 3.8) is 0 Å². The van der Waals surface area contributed by atoms with Crippen molar-refractivity contribution in [3.05, 3.63) is 23.3 Å². The molecule has 0 radical (unpaired) electrons. The lowest BCUT2D eigenvalue weighted by molar-refractivity contribution is -0.164. The molecule has 2 amide bonds. The van der Waals surface area contributed by atoms with Gasteiger partial charge < -0.3 is 20.3 Å². The number of hydrogen-bond donors (Lipinski definition) is 1. The minimum Gasteiger partial charge on any atom is -0.380 e. The van der Waals surface area contributed by atoms with Gasteiger partial charge in [-0.05, 0) is 32.5 Å². The molecule has 2 aliphatic rings. The molecule has 0 saturated carbocycles. The molecule has 0 aromatic carbocycles. The maximum atomic E-state index is 12.4. The van der Waals surface area contributed by atoms with Crippen LogP contribution in [-0.4, -0.2) is 68.6 Å². The standard InChI is InChI=1S/C16H24N2O3.C2H2.CH5N/c1-5-14(6-12(2)7-21-4)15(20)18-10-16(11-18)8-17(9-16)13(3)19;2*1-2/h5-6H,7-11H2,1-4H3;1-2H;2H2,1H3/b12-6-,14-5+;;. The van der Waals surface area contributed by atoms with Gasteiger partial charge >= 0.3 is 0 Å². The van der Waals surface area contributed by atoms with Crippen LogP contribution in [0.2, 0.25) is 0 Å². The Balaban J connectivity index is 0.00000134. The lowest BCUT2D eigenvalue weighted by Crippen LogP contribution is -2.73. The Morgan fingerprint density at radius 3 is 2.00 bits per heavy atom. The molecule has 2 rings (SSSR count). The van der Waals surface area contributed by atoms with Gasteiger partial charge in [0.2, 0.25) is 5.91 Å². The fourth-order valence-electron chi connectivity index (χ4n) is 3.08. The SMILES string of the molecule is C#C.C/C=C(\C=C(\C)COC)C(=O)N1CC2(CN(C(C)=O)C2)C1.CN. The van der Waals surface area contributed by atoms with Crippen molar-refractivity contribution in [1.29, 1.82) is 0 Å². The van der Waals surface area contributed by atoms with Crippen LogP contribution in [0.4, 0.5) is 0 Å². The average Bonchev–Trinajstić information content (AvgIpc) is 2.53. The molecule has 6 nitrogen and oxygen atoms in total. The van der Waals surface area contributed by atoms with Gasteiger partial charge in [-0.1, -0.05) is 6.08 Å². The Morgan fingerprint density at radius 2 is 1.60 bits per heavy atom. The fourth-order valence-corrected chi connectivity index (χ4v) is 3.08. The van der Waals surface area contributed by atoms with E-state index in [-0.39, 0.29) is 17.2 Å². The largest absolute Gasteiger partial charge is 0.380 e. The van der Waals surface area contributed by atoms with E-state index in [0.717, 1.165) is 31.8 Å². The minimum atomic E-state index is 0.0693. The van der Waals surface area contributed by atoms with E-state index in [0.29, 0.717) is 12.2 Å². The third-order valence-corrected chi connectivity index (χ3v) is 4.17. The van der Waals surface area contributed by atoms with E-state index in [4.69, 9.17) is 4.74 Å². The first kappa shape index (κ1) is 22.9. The maximum Gasteiger partial charge on any atom is 0.253 e. The summed E-state index contributed by atoms with van der Waals surface area (Å²) in [5, 5.41) is 0. The molecule has 0 bridgehead atoms. The number of methoxy groups -OCH3 is 1. The van der Waals surface area contributed by atoms with E-state index in [9.17, 15) is 9.59 Å². The van der Waals surface area contributed by atoms with E-state index >= 15 is 0 Å².